The van der Waals surface area contributed by atoms with Crippen molar-refractivity contribution in [1.29, 1.82) is 0 Å². The SMILES string of the molecule is O=C(Cc1cccc2ccccc12)NCC(=O)N1CCN(C(=O)C2CC2)CC1. The zero-order valence-corrected chi connectivity index (χ0v) is 15.9. The average Bonchev–Trinajstić information content (AvgIpc) is 3.57. The standard InChI is InChI=1S/C22H25N3O3/c26-20(14-18-6-3-5-16-4-1-2-7-19(16)18)23-15-21(27)24-10-12-25(13-11-24)22(28)17-8-9-17/h1-7,17H,8-15H2,(H,23,26). The van der Waals surface area contributed by atoms with Gasteiger partial charge in [0.2, 0.25) is 17.7 Å². The Morgan fingerprint density at radius 2 is 1.57 bits per heavy atom. The number of carbonyl (C=O) groups excluding carboxylic acids is 3. The average molecular weight is 379 g/mol. The van der Waals surface area contributed by atoms with E-state index in [-0.39, 0.29) is 36.6 Å². The molecule has 2 aromatic carbocycles. The van der Waals surface area contributed by atoms with E-state index in [2.05, 4.69) is 5.32 Å². The summed E-state index contributed by atoms with van der Waals surface area (Å²) in [6.07, 6.45) is 2.25. The fourth-order valence-electron chi connectivity index (χ4n) is 3.73. The van der Waals surface area contributed by atoms with E-state index in [1.165, 1.54) is 0 Å². The fraction of sp³-hybridized carbons (Fsp3) is 0.409. The third-order valence-electron chi connectivity index (χ3n) is 5.54. The minimum atomic E-state index is -0.160. The van der Waals surface area contributed by atoms with E-state index in [0.717, 1.165) is 29.2 Å². The molecule has 0 bridgehead atoms. The number of benzene rings is 2. The molecule has 6 heteroatoms. The Morgan fingerprint density at radius 3 is 2.32 bits per heavy atom. The van der Waals surface area contributed by atoms with Crippen molar-refractivity contribution in [3.05, 3.63) is 48.0 Å². The molecule has 0 spiro atoms. The number of hydrogen-bond donors (Lipinski definition) is 1. The van der Waals surface area contributed by atoms with E-state index >= 15 is 0 Å². The van der Waals surface area contributed by atoms with Crippen LogP contribution in [0.4, 0.5) is 0 Å². The van der Waals surface area contributed by atoms with Gasteiger partial charge in [0.15, 0.2) is 0 Å². The van der Waals surface area contributed by atoms with Crippen LogP contribution in [0.15, 0.2) is 42.5 Å². The van der Waals surface area contributed by atoms with Gasteiger partial charge in [-0.1, -0.05) is 42.5 Å². The van der Waals surface area contributed by atoms with Gasteiger partial charge in [-0.05, 0) is 29.2 Å². The number of amides is 3. The molecule has 1 saturated heterocycles. The molecular weight excluding hydrogens is 354 g/mol. The van der Waals surface area contributed by atoms with Crippen LogP contribution < -0.4 is 5.32 Å². The largest absolute Gasteiger partial charge is 0.347 e. The molecule has 0 aromatic heterocycles. The minimum absolute atomic E-state index is 0.000170. The van der Waals surface area contributed by atoms with Gasteiger partial charge in [-0.25, -0.2) is 0 Å². The summed E-state index contributed by atoms with van der Waals surface area (Å²) in [6, 6.07) is 13.9. The van der Waals surface area contributed by atoms with Crippen LogP contribution >= 0.6 is 0 Å². The Hall–Kier alpha value is -2.89. The van der Waals surface area contributed by atoms with Gasteiger partial charge >= 0.3 is 0 Å². The lowest BCUT2D eigenvalue weighted by atomic mass is 10.0. The first-order chi connectivity index (χ1) is 13.6. The van der Waals surface area contributed by atoms with Crippen LogP contribution in [0.1, 0.15) is 18.4 Å². The second-order valence-corrected chi connectivity index (χ2v) is 7.57. The summed E-state index contributed by atoms with van der Waals surface area (Å²) in [4.78, 5) is 40.4. The number of nitrogens with one attached hydrogen (secondary N) is 1. The Bertz CT molecular complexity index is 894. The Balaban J connectivity index is 1.25. The molecular formula is C22H25N3O3. The van der Waals surface area contributed by atoms with Gasteiger partial charge in [0, 0.05) is 32.1 Å². The Morgan fingerprint density at radius 1 is 0.893 bits per heavy atom. The molecule has 6 nitrogen and oxygen atoms in total. The van der Waals surface area contributed by atoms with Crippen molar-refractivity contribution in [2.45, 2.75) is 19.3 Å². The van der Waals surface area contributed by atoms with Crippen molar-refractivity contribution >= 4 is 28.5 Å². The van der Waals surface area contributed by atoms with Gasteiger partial charge in [-0.2, -0.15) is 0 Å². The van der Waals surface area contributed by atoms with Crippen molar-refractivity contribution in [2.75, 3.05) is 32.7 Å². The van der Waals surface area contributed by atoms with Gasteiger partial charge in [0.1, 0.15) is 0 Å². The molecule has 1 aliphatic heterocycles. The van der Waals surface area contributed by atoms with Gasteiger partial charge in [-0.15, -0.1) is 0 Å². The number of piperazine rings is 1. The number of nitrogens with zero attached hydrogens (tertiary/aromatic N) is 2. The quantitative estimate of drug-likeness (QED) is 0.858. The predicted molar refractivity (Wildman–Crippen MR) is 107 cm³/mol. The van der Waals surface area contributed by atoms with Crippen molar-refractivity contribution < 1.29 is 14.4 Å². The van der Waals surface area contributed by atoms with E-state index in [4.69, 9.17) is 0 Å². The molecule has 0 unspecified atom stereocenters. The van der Waals surface area contributed by atoms with Gasteiger partial charge in [-0.3, -0.25) is 14.4 Å². The number of rotatable bonds is 5. The lowest BCUT2D eigenvalue weighted by Gasteiger charge is -2.35. The van der Waals surface area contributed by atoms with Gasteiger partial charge < -0.3 is 15.1 Å². The molecule has 0 radical (unpaired) electrons. The van der Waals surface area contributed by atoms with E-state index in [0.29, 0.717) is 26.2 Å². The zero-order valence-electron chi connectivity index (χ0n) is 15.9. The molecule has 2 aliphatic rings. The first kappa shape index (κ1) is 18.5. The number of hydrogen-bond acceptors (Lipinski definition) is 3. The van der Waals surface area contributed by atoms with E-state index in [9.17, 15) is 14.4 Å². The van der Waals surface area contributed by atoms with Crippen LogP contribution in [-0.4, -0.2) is 60.2 Å². The minimum Gasteiger partial charge on any atom is -0.347 e. The molecule has 1 heterocycles. The molecule has 2 aromatic rings. The normalized spacial score (nSPS) is 16.9. The highest BCUT2D eigenvalue weighted by Crippen LogP contribution is 2.31. The van der Waals surface area contributed by atoms with Gasteiger partial charge in [0.25, 0.3) is 0 Å². The summed E-state index contributed by atoms with van der Waals surface area (Å²) in [7, 11) is 0. The summed E-state index contributed by atoms with van der Waals surface area (Å²) < 4.78 is 0. The van der Waals surface area contributed by atoms with Crippen molar-refractivity contribution in [1.82, 2.24) is 15.1 Å². The van der Waals surface area contributed by atoms with Crippen LogP contribution in [0.25, 0.3) is 10.8 Å². The molecule has 3 amide bonds. The maximum atomic E-state index is 12.4. The lowest BCUT2D eigenvalue weighted by Crippen LogP contribution is -2.53. The third kappa shape index (κ3) is 4.16. The summed E-state index contributed by atoms with van der Waals surface area (Å²) >= 11 is 0. The highest BCUT2D eigenvalue weighted by atomic mass is 16.2. The van der Waals surface area contributed by atoms with Crippen molar-refractivity contribution in [2.24, 2.45) is 5.92 Å². The smallest absolute Gasteiger partial charge is 0.242 e. The van der Waals surface area contributed by atoms with Crippen LogP contribution in [0.2, 0.25) is 0 Å². The monoisotopic (exact) mass is 379 g/mol. The molecule has 146 valence electrons. The second-order valence-electron chi connectivity index (χ2n) is 7.57. The van der Waals surface area contributed by atoms with Crippen molar-refractivity contribution in [3.8, 4) is 0 Å². The Labute approximate surface area is 164 Å². The number of fused-ring (bicyclic) bond motifs is 1. The summed E-state index contributed by atoms with van der Waals surface area (Å²) in [5.41, 5.74) is 0.954. The molecule has 0 atom stereocenters. The molecule has 2 fully saturated rings. The highest BCUT2D eigenvalue weighted by molar-refractivity contribution is 5.91. The van der Waals surface area contributed by atoms with Crippen molar-refractivity contribution in [3.63, 3.8) is 0 Å². The number of carbonyl (C=O) groups is 3. The van der Waals surface area contributed by atoms with Crippen LogP contribution in [-0.2, 0) is 20.8 Å². The Kier molecular flexibility index (Phi) is 5.28. The summed E-state index contributed by atoms with van der Waals surface area (Å²) in [5.74, 6) is 0.197. The predicted octanol–water partition coefficient (Wildman–Crippen LogP) is 1.58. The van der Waals surface area contributed by atoms with Crippen LogP contribution in [0.3, 0.4) is 0 Å². The lowest BCUT2D eigenvalue weighted by molar-refractivity contribution is -0.140. The molecule has 1 saturated carbocycles. The fourth-order valence-corrected chi connectivity index (χ4v) is 3.73. The van der Waals surface area contributed by atoms with E-state index in [1.54, 1.807) is 4.90 Å². The highest BCUT2D eigenvalue weighted by Gasteiger charge is 2.35. The van der Waals surface area contributed by atoms with E-state index in [1.807, 2.05) is 47.4 Å². The first-order valence-electron chi connectivity index (χ1n) is 9.92. The zero-order chi connectivity index (χ0) is 19.5. The summed E-state index contributed by atoms with van der Waals surface area (Å²) in [5, 5.41) is 4.90. The molecule has 4 rings (SSSR count). The van der Waals surface area contributed by atoms with Crippen LogP contribution in [0, 0.1) is 5.92 Å². The topological polar surface area (TPSA) is 69.7 Å². The second kappa shape index (κ2) is 8.00. The van der Waals surface area contributed by atoms with Crippen LogP contribution in [0.5, 0.6) is 0 Å². The maximum absolute atomic E-state index is 12.4. The maximum Gasteiger partial charge on any atom is 0.242 e. The third-order valence-corrected chi connectivity index (χ3v) is 5.54. The van der Waals surface area contributed by atoms with Gasteiger partial charge in [0.05, 0.1) is 13.0 Å². The molecule has 1 N–H and O–H groups in total. The first-order valence-corrected chi connectivity index (χ1v) is 9.92. The molecule has 28 heavy (non-hydrogen) atoms. The molecule has 1 aliphatic carbocycles. The summed E-state index contributed by atoms with van der Waals surface area (Å²) in [6.45, 7) is 2.25. The van der Waals surface area contributed by atoms with E-state index < -0.39 is 0 Å².